The van der Waals surface area contributed by atoms with Gasteiger partial charge in [-0.25, -0.2) is 4.68 Å². The smallest absolute Gasteiger partial charge is 0.221 e. The molecule has 0 unspecified atom stereocenters. The number of benzene rings is 1. The van der Waals surface area contributed by atoms with E-state index < -0.39 is 5.54 Å². The zero-order chi connectivity index (χ0) is 18.6. The Kier molecular flexibility index (Phi) is 5.41. The third-order valence-electron chi connectivity index (χ3n) is 5.49. The summed E-state index contributed by atoms with van der Waals surface area (Å²) >= 11 is 0. The SMILES string of the molecule is CC(C)(NC(=O)CC1(CN)CCCCC1)c1cn(-c2ccccc2)nn1. The highest BCUT2D eigenvalue weighted by Gasteiger charge is 2.35. The number of nitrogens with one attached hydrogen (secondary N) is 1. The molecule has 0 atom stereocenters. The zero-order valence-corrected chi connectivity index (χ0v) is 15.7. The van der Waals surface area contributed by atoms with Crippen LogP contribution >= 0.6 is 0 Å². The third-order valence-corrected chi connectivity index (χ3v) is 5.49. The lowest BCUT2D eigenvalue weighted by atomic mass is 9.71. The molecule has 0 saturated heterocycles. The zero-order valence-electron chi connectivity index (χ0n) is 15.7. The predicted molar refractivity (Wildman–Crippen MR) is 102 cm³/mol. The Morgan fingerprint density at radius 2 is 1.92 bits per heavy atom. The van der Waals surface area contributed by atoms with Gasteiger partial charge >= 0.3 is 0 Å². The minimum Gasteiger partial charge on any atom is -0.345 e. The first kappa shape index (κ1) is 18.6. The van der Waals surface area contributed by atoms with Crippen molar-refractivity contribution in [3.63, 3.8) is 0 Å². The van der Waals surface area contributed by atoms with Crippen molar-refractivity contribution in [1.82, 2.24) is 20.3 Å². The summed E-state index contributed by atoms with van der Waals surface area (Å²) in [4.78, 5) is 12.7. The number of carbonyl (C=O) groups excluding carboxylic acids is 1. The molecule has 6 heteroatoms. The van der Waals surface area contributed by atoms with Gasteiger partial charge in [-0.3, -0.25) is 4.79 Å². The summed E-state index contributed by atoms with van der Waals surface area (Å²) in [5, 5.41) is 11.6. The van der Waals surface area contributed by atoms with E-state index in [0.29, 0.717) is 13.0 Å². The summed E-state index contributed by atoms with van der Waals surface area (Å²) < 4.78 is 1.73. The van der Waals surface area contributed by atoms with Gasteiger partial charge in [0.15, 0.2) is 0 Å². The summed E-state index contributed by atoms with van der Waals surface area (Å²) in [5.74, 6) is 0.0385. The molecule has 3 rings (SSSR count). The second-order valence-electron chi connectivity index (χ2n) is 8.00. The first-order valence-corrected chi connectivity index (χ1v) is 9.43. The fraction of sp³-hybridized carbons (Fsp3) is 0.550. The van der Waals surface area contributed by atoms with E-state index in [9.17, 15) is 4.79 Å². The second-order valence-corrected chi connectivity index (χ2v) is 8.00. The van der Waals surface area contributed by atoms with E-state index in [1.54, 1.807) is 4.68 Å². The van der Waals surface area contributed by atoms with Crippen molar-refractivity contribution in [1.29, 1.82) is 0 Å². The van der Waals surface area contributed by atoms with Crippen LogP contribution in [0.4, 0.5) is 0 Å². The monoisotopic (exact) mass is 355 g/mol. The molecule has 1 heterocycles. The molecule has 0 spiro atoms. The Bertz CT molecular complexity index is 732. The number of carbonyl (C=O) groups is 1. The van der Waals surface area contributed by atoms with Crippen LogP contribution in [0.1, 0.15) is 58.1 Å². The van der Waals surface area contributed by atoms with Gasteiger partial charge in [-0.05, 0) is 50.8 Å². The van der Waals surface area contributed by atoms with Gasteiger partial charge in [0.1, 0.15) is 5.69 Å². The van der Waals surface area contributed by atoms with E-state index in [4.69, 9.17) is 5.73 Å². The highest BCUT2D eigenvalue weighted by atomic mass is 16.1. The highest BCUT2D eigenvalue weighted by molar-refractivity contribution is 5.77. The van der Waals surface area contributed by atoms with Gasteiger partial charge in [0.2, 0.25) is 5.91 Å². The van der Waals surface area contributed by atoms with E-state index in [1.807, 2.05) is 50.4 Å². The molecule has 1 aliphatic carbocycles. The average Bonchev–Trinajstić information content (AvgIpc) is 3.14. The topological polar surface area (TPSA) is 85.8 Å². The number of nitrogens with zero attached hydrogens (tertiary/aromatic N) is 3. The van der Waals surface area contributed by atoms with E-state index in [1.165, 1.54) is 19.3 Å². The van der Waals surface area contributed by atoms with Crippen LogP contribution in [0.2, 0.25) is 0 Å². The molecule has 0 radical (unpaired) electrons. The van der Waals surface area contributed by atoms with Crippen LogP contribution in [0.3, 0.4) is 0 Å². The lowest BCUT2D eigenvalue weighted by molar-refractivity contribution is -0.125. The molecule has 6 nitrogen and oxygen atoms in total. The van der Waals surface area contributed by atoms with Gasteiger partial charge in [-0.15, -0.1) is 5.10 Å². The van der Waals surface area contributed by atoms with Gasteiger partial charge < -0.3 is 11.1 Å². The van der Waals surface area contributed by atoms with Crippen molar-refractivity contribution in [3.8, 4) is 5.69 Å². The van der Waals surface area contributed by atoms with Crippen molar-refractivity contribution >= 4 is 5.91 Å². The summed E-state index contributed by atoms with van der Waals surface area (Å²) in [7, 11) is 0. The third kappa shape index (κ3) is 4.12. The standard InChI is InChI=1S/C20H29N5O/c1-19(2,17-14-25(24-23-17)16-9-5-3-6-10-16)22-18(26)13-20(15-21)11-7-4-8-12-20/h3,5-6,9-10,14H,4,7-8,11-13,15,21H2,1-2H3,(H,22,26). The number of hydrogen-bond acceptors (Lipinski definition) is 4. The van der Waals surface area contributed by atoms with E-state index in [0.717, 1.165) is 24.2 Å². The van der Waals surface area contributed by atoms with Crippen molar-refractivity contribution < 1.29 is 4.79 Å². The summed E-state index contributed by atoms with van der Waals surface area (Å²) in [6.45, 7) is 4.49. The molecular weight excluding hydrogens is 326 g/mol. The maximum atomic E-state index is 12.7. The average molecular weight is 355 g/mol. The Morgan fingerprint density at radius 3 is 2.58 bits per heavy atom. The fourth-order valence-corrected chi connectivity index (χ4v) is 3.81. The summed E-state index contributed by atoms with van der Waals surface area (Å²) in [6, 6.07) is 9.82. The molecule has 1 fully saturated rings. The fourth-order valence-electron chi connectivity index (χ4n) is 3.81. The number of aromatic nitrogens is 3. The summed E-state index contributed by atoms with van der Waals surface area (Å²) in [5.41, 5.74) is 7.07. The number of rotatable bonds is 6. The molecule has 140 valence electrons. The van der Waals surface area contributed by atoms with Gasteiger partial charge in [0.05, 0.1) is 17.4 Å². The minimum atomic E-state index is -0.589. The molecule has 1 aromatic heterocycles. The molecule has 0 aliphatic heterocycles. The number of amides is 1. The molecule has 1 amide bonds. The Morgan fingerprint density at radius 1 is 1.23 bits per heavy atom. The summed E-state index contributed by atoms with van der Waals surface area (Å²) in [6.07, 6.45) is 8.02. The number of para-hydroxylation sites is 1. The van der Waals surface area contributed by atoms with Crippen molar-refractivity contribution in [2.75, 3.05) is 6.54 Å². The largest absolute Gasteiger partial charge is 0.345 e. The van der Waals surface area contributed by atoms with Crippen molar-refractivity contribution in [3.05, 3.63) is 42.2 Å². The maximum Gasteiger partial charge on any atom is 0.221 e. The molecule has 1 saturated carbocycles. The van der Waals surface area contributed by atoms with Crippen LogP contribution in [0, 0.1) is 5.41 Å². The van der Waals surface area contributed by atoms with Gasteiger partial charge in [0.25, 0.3) is 0 Å². The van der Waals surface area contributed by atoms with Crippen LogP contribution < -0.4 is 11.1 Å². The van der Waals surface area contributed by atoms with Crippen molar-refractivity contribution in [2.24, 2.45) is 11.1 Å². The van der Waals surface area contributed by atoms with Gasteiger partial charge in [0, 0.05) is 6.42 Å². The molecule has 1 aromatic carbocycles. The first-order chi connectivity index (χ1) is 12.4. The first-order valence-electron chi connectivity index (χ1n) is 9.43. The minimum absolute atomic E-state index is 0.0385. The molecular formula is C20H29N5O. The molecule has 2 aromatic rings. The van der Waals surface area contributed by atoms with E-state index in [2.05, 4.69) is 15.6 Å². The van der Waals surface area contributed by atoms with E-state index >= 15 is 0 Å². The molecule has 3 N–H and O–H groups in total. The van der Waals surface area contributed by atoms with Crippen LogP contribution in [0.5, 0.6) is 0 Å². The normalized spacial score (nSPS) is 17.0. The molecule has 0 bridgehead atoms. The Hall–Kier alpha value is -2.21. The van der Waals surface area contributed by atoms with Crippen LogP contribution in [-0.2, 0) is 10.3 Å². The Labute approximate surface area is 155 Å². The van der Waals surface area contributed by atoms with Gasteiger partial charge in [-0.1, -0.05) is 42.7 Å². The lowest BCUT2D eigenvalue weighted by Crippen LogP contribution is -2.45. The molecule has 26 heavy (non-hydrogen) atoms. The Balaban J connectivity index is 1.68. The van der Waals surface area contributed by atoms with Crippen molar-refractivity contribution in [2.45, 2.75) is 57.9 Å². The van der Waals surface area contributed by atoms with Gasteiger partial charge in [-0.2, -0.15) is 0 Å². The van der Waals surface area contributed by atoms with Crippen LogP contribution in [0.15, 0.2) is 36.5 Å². The number of hydrogen-bond donors (Lipinski definition) is 2. The van der Waals surface area contributed by atoms with E-state index in [-0.39, 0.29) is 11.3 Å². The number of nitrogens with two attached hydrogens (primary N) is 1. The predicted octanol–water partition coefficient (Wildman–Crippen LogP) is 2.92. The lowest BCUT2D eigenvalue weighted by Gasteiger charge is -2.36. The van der Waals surface area contributed by atoms with Crippen LogP contribution in [-0.4, -0.2) is 27.4 Å². The van der Waals surface area contributed by atoms with Crippen LogP contribution in [0.25, 0.3) is 5.69 Å². The highest BCUT2D eigenvalue weighted by Crippen LogP contribution is 2.38. The second kappa shape index (κ2) is 7.58. The molecule has 1 aliphatic rings. The maximum absolute atomic E-state index is 12.7. The quantitative estimate of drug-likeness (QED) is 0.834.